The maximum Gasteiger partial charge on any atom is 0.259 e. The van der Waals surface area contributed by atoms with E-state index >= 15 is 0 Å². The zero-order valence-corrected chi connectivity index (χ0v) is 13.6. The van der Waals surface area contributed by atoms with Crippen LogP contribution in [0.15, 0.2) is 5.38 Å². The van der Waals surface area contributed by atoms with Crippen LogP contribution in [0.3, 0.4) is 0 Å². The molecule has 2 rings (SSSR count). The zero-order chi connectivity index (χ0) is 15.0. The molecule has 1 aromatic rings. The molecule has 0 aromatic carbocycles. The summed E-state index contributed by atoms with van der Waals surface area (Å²) in [7, 11) is 2.00. The van der Waals surface area contributed by atoms with Crippen molar-refractivity contribution in [3.63, 3.8) is 0 Å². The number of hydrogen-bond acceptors (Lipinski definition) is 5. The maximum atomic E-state index is 12.4. The first-order valence-corrected chi connectivity index (χ1v) is 7.69. The molecule has 1 saturated heterocycles. The number of rotatable bonds is 2. The molecule has 0 bridgehead atoms. The molecule has 1 atom stereocenters. The molecule has 5 nitrogen and oxygen atoms in total. The summed E-state index contributed by atoms with van der Waals surface area (Å²) in [5, 5.41) is 5.51. The van der Waals surface area contributed by atoms with Gasteiger partial charge >= 0.3 is 0 Å². The Morgan fingerprint density at radius 1 is 1.55 bits per heavy atom. The molecule has 0 spiro atoms. The van der Waals surface area contributed by atoms with Gasteiger partial charge in [-0.1, -0.05) is 20.8 Å². The van der Waals surface area contributed by atoms with E-state index in [9.17, 15) is 4.79 Å². The third-order valence-corrected chi connectivity index (χ3v) is 4.20. The van der Waals surface area contributed by atoms with Crippen molar-refractivity contribution in [3.05, 3.63) is 11.1 Å². The van der Waals surface area contributed by atoms with E-state index < -0.39 is 5.60 Å². The van der Waals surface area contributed by atoms with Crippen LogP contribution in [-0.4, -0.2) is 48.1 Å². The number of ether oxygens (including phenoxy) is 1. The van der Waals surface area contributed by atoms with Crippen LogP contribution in [0.5, 0.6) is 0 Å². The largest absolute Gasteiger partial charge is 0.363 e. The lowest BCUT2D eigenvalue weighted by Gasteiger charge is -2.37. The first-order valence-electron chi connectivity index (χ1n) is 6.81. The predicted octanol–water partition coefficient (Wildman–Crippen LogP) is 2.10. The molecule has 112 valence electrons. The van der Waals surface area contributed by atoms with Crippen molar-refractivity contribution in [1.29, 1.82) is 0 Å². The van der Waals surface area contributed by atoms with E-state index in [0.29, 0.717) is 18.3 Å². The number of hydrogen-bond donors (Lipinski definition) is 1. The second kappa shape index (κ2) is 5.42. The summed E-state index contributed by atoms with van der Waals surface area (Å²) in [4.78, 5) is 19.0. The molecule has 1 aliphatic heterocycles. The first kappa shape index (κ1) is 15.4. The minimum Gasteiger partial charge on any atom is -0.363 e. The van der Waals surface area contributed by atoms with Crippen molar-refractivity contribution >= 4 is 22.4 Å². The molecule has 20 heavy (non-hydrogen) atoms. The lowest BCUT2D eigenvalue weighted by molar-refractivity contribution is -0.149. The van der Waals surface area contributed by atoms with Gasteiger partial charge in [0.25, 0.3) is 5.91 Å². The highest BCUT2D eigenvalue weighted by molar-refractivity contribution is 7.14. The van der Waals surface area contributed by atoms with Gasteiger partial charge in [-0.15, -0.1) is 11.3 Å². The van der Waals surface area contributed by atoms with Crippen molar-refractivity contribution in [2.75, 3.05) is 32.1 Å². The fourth-order valence-electron chi connectivity index (χ4n) is 2.11. The number of aromatic nitrogens is 1. The molecule has 0 aliphatic carbocycles. The van der Waals surface area contributed by atoms with Crippen LogP contribution in [-0.2, 0) is 14.9 Å². The molecule has 0 unspecified atom stereocenters. The number of anilines is 1. The van der Waals surface area contributed by atoms with Gasteiger partial charge < -0.3 is 9.64 Å². The maximum absolute atomic E-state index is 12.4. The normalized spacial score (nSPS) is 24.6. The first-order chi connectivity index (χ1) is 9.21. The highest BCUT2D eigenvalue weighted by Crippen LogP contribution is 2.27. The Morgan fingerprint density at radius 3 is 2.80 bits per heavy atom. The number of morpholine rings is 1. The average Bonchev–Trinajstić information content (AvgIpc) is 2.76. The van der Waals surface area contributed by atoms with Crippen molar-refractivity contribution in [3.8, 4) is 0 Å². The van der Waals surface area contributed by atoms with Crippen LogP contribution in [0.1, 0.15) is 33.4 Å². The third-order valence-electron chi connectivity index (χ3n) is 3.44. The van der Waals surface area contributed by atoms with E-state index in [-0.39, 0.29) is 11.3 Å². The van der Waals surface area contributed by atoms with E-state index in [1.165, 1.54) is 11.3 Å². The van der Waals surface area contributed by atoms with Crippen molar-refractivity contribution in [1.82, 2.24) is 9.88 Å². The predicted molar refractivity (Wildman–Crippen MR) is 81.3 cm³/mol. The van der Waals surface area contributed by atoms with Gasteiger partial charge in [0.1, 0.15) is 0 Å². The molecule has 1 aromatic heterocycles. The van der Waals surface area contributed by atoms with Gasteiger partial charge in [-0.25, -0.2) is 4.98 Å². The lowest BCUT2D eigenvalue weighted by atomic mass is 9.93. The van der Waals surface area contributed by atoms with Gasteiger partial charge in [0, 0.05) is 23.9 Å². The quantitative estimate of drug-likeness (QED) is 0.908. The summed E-state index contributed by atoms with van der Waals surface area (Å²) in [6.45, 7) is 10.2. The third kappa shape index (κ3) is 3.37. The summed E-state index contributed by atoms with van der Waals surface area (Å²) in [5.74, 6) is -0.126. The summed E-state index contributed by atoms with van der Waals surface area (Å²) < 4.78 is 5.67. The Balaban J connectivity index is 2.06. The molecule has 2 heterocycles. The summed E-state index contributed by atoms with van der Waals surface area (Å²) in [6, 6.07) is 0. The summed E-state index contributed by atoms with van der Waals surface area (Å²) in [6.07, 6.45) is 0. The van der Waals surface area contributed by atoms with E-state index in [2.05, 4.69) is 36.0 Å². The number of thiazole rings is 1. The van der Waals surface area contributed by atoms with E-state index in [4.69, 9.17) is 4.74 Å². The standard InChI is InChI=1S/C14H23N3O2S/c1-13(2,3)10-8-20-12(15-10)16-11(18)14(4)9-17(5)6-7-19-14/h8H,6-7,9H2,1-5H3,(H,15,16,18)/t14-/m1/s1. The van der Waals surface area contributed by atoms with Crippen LogP contribution in [0.25, 0.3) is 0 Å². The Morgan fingerprint density at radius 2 is 2.25 bits per heavy atom. The van der Waals surface area contributed by atoms with Gasteiger partial charge in [0.15, 0.2) is 10.7 Å². The number of nitrogens with zero attached hydrogens (tertiary/aromatic N) is 2. The zero-order valence-electron chi connectivity index (χ0n) is 12.8. The van der Waals surface area contributed by atoms with Gasteiger partial charge in [-0.2, -0.15) is 0 Å². The molecular formula is C14H23N3O2S. The van der Waals surface area contributed by atoms with Gasteiger partial charge in [0.05, 0.1) is 12.3 Å². The monoisotopic (exact) mass is 297 g/mol. The summed E-state index contributed by atoms with van der Waals surface area (Å²) >= 11 is 1.46. The molecule has 1 fully saturated rings. The van der Waals surface area contributed by atoms with Crippen LogP contribution in [0.2, 0.25) is 0 Å². The molecule has 1 aliphatic rings. The van der Waals surface area contributed by atoms with Crippen molar-refractivity contribution in [2.45, 2.75) is 38.7 Å². The molecule has 1 N–H and O–H groups in total. The van der Waals surface area contributed by atoms with Crippen LogP contribution in [0, 0.1) is 0 Å². The van der Waals surface area contributed by atoms with Crippen molar-refractivity contribution in [2.24, 2.45) is 0 Å². The second-order valence-corrected chi connectivity index (χ2v) is 7.42. The van der Waals surface area contributed by atoms with E-state index in [1.54, 1.807) is 0 Å². The number of carbonyl (C=O) groups is 1. The second-order valence-electron chi connectivity index (χ2n) is 6.56. The minimum atomic E-state index is -0.805. The molecule has 6 heteroatoms. The van der Waals surface area contributed by atoms with Gasteiger partial charge in [0.2, 0.25) is 0 Å². The highest BCUT2D eigenvalue weighted by atomic mass is 32.1. The van der Waals surface area contributed by atoms with Crippen LogP contribution in [0.4, 0.5) is 5.13 Å². The highest BCUT2D eigenvalue weighted by Gasteiger charge is 2.38. The number of amides is 1. The van der Waals surface area contributed by atoms with Crippen LogP contribution >= 0.6 is 11.3 Å². The topological polar surface area (TPSA) is 54.5 Å². The SMILES string of the molecule is CN1CCO[C@@](C)(C(=O)Nc2nc(C(C)(C)C)cs2)C1. The Kier molecular flexibility index (Phi) is 4.18. The van der Waals surface area contributed by atoms with Gasteiger partial charge in [-0.05, 0) is 14.0 Å². The fraction of sp³-hybridized carbons (Fsp3) is 0.714. The van der Waals surface area contributed by atoms with Crippen LogP contribution < -0.4 is 5.32 Å². The lowest BCUT2D eigenvalue weighted by Crippen LogP contribution is -2.55. The van der Waals surface area contributed by atoms with Crippen molar-refractivity contribution < 1.29 is 9.53 Å². The number of nitrogens with one attached hydrogen (secondary N) is 1. The average molecular weight is 297 g/mol. The van der Waals surface area contributed by atoms with E-state index in [0.717, 1.165) is 12.2 Å². The Labute approximate surface area is 124 Å². The fourth-order valence-corrected chi connectivity index (χ4v) is 3.04. The minimum absolute atomic E-state index is 0.00899. The Bertz CT molecular complexity index is 495. The van der Waals surface area contributed by atoms with Gasteiger partial charge in [-0.3, -0.25) is 10.1 Å². The Hall–Kier alpha value is -0.980. The molecular weight excluding hydrogens is 274 g/mol. The van der Waals surface area contributed by atoms with E-state index in [1.807, 2.05) is 19.4 Å². The summed E-state index contributed by atoms with van der Waals surface area (Å²) in [5.41, 5.74) is 0.176. The molecule has 0 radical (unpaired) electrons. The number of likely N-dealkylation sites (N-methyl/N-ethyl adjacent to an activating group) is 1. The molecule has 0 saturated carbocycles. The number of carbonyl (C=O) groups excluding carboxylic acids is 1. The smallest absolute Gasteiger partial charge is 0.259 e. The molecule has 1 amide bonds.